The quantitative estimate of drug-likeness (QED) is 0.559. The van der Waals surface area contributed by atoms with Crippen LogP contribution in [-0.2, 0) is 16.6 Å². The summed E-state index contributed by atoms with van der Waals surface area (Å²) in [6.07, 6.45) is 1.13. The number of carbonyl (C=O) groups excluding carboxylic acids is 1. The highest BCUT2D eigenvalue weighted by Gasteiger charge is 2.25. The van der Waals surface area contributed by atoms with E-state index >= 15 is 0 Å². The van der Waals surface area contributed by atoms with Crippen LogP contribution in [0.2, 0.25) is 0 Å². The molecular formula is C18H17FN4O4S. The molecule has 2 aromatic carbocycles. The van der Waals surface area contributed by atoms with E-state index in [1.54, 1.807) is 31.4 Å². The van der Waals surface area contributed by atoms with E-state index in [1.807, 2.05) is 0 Å². The Morgan fingerprint density at radius 2 is 1.82 bits per heavy atom. The molecule has 0 spiro atoms. The Morgan fingerprint density at radius 3 is 2.46 bits per heavy atom. The fraction of sp³-hybridized carbons (Fsp3) is 0.111. The highest BCUT2D eigenvalue weighted by atomic mass is 32.2. The van der Waals surface area contributed by atoms with Crippen LogP contribution in [0.15, 0.2) is 59.8 Å². The third-order valence-electron chi connectivity index (χ3n) is 3.83. The number of hydrogen-bond donors (Lipinski definition) is 3. The third kappa shape index (κ3) is 4.46. The summed E-state index contributed by atoms with van der Waals surface area (Å²) in [5, 5.41) is 8.24. The molecule has 1 aromatic heterocycles. The van der Waals surface area contributed by atoms with Gasteiger partial charge in [0.1, 0.15) is 11.6 Å². The minimum Gasteiger partial charge on any atom is -0.497 e. The van der Waals surface area contributed by atoms with Gasteiger partial charge in [-0.3, -0.25) is 14.6 Å². The average Bonchev–Trinajstić information content (AvgIpc) is 3.19. The number of methoxy groups -OCH3 is 1. The van der Waals surface area contributed by atoms with E-state index in [0.29, 0.717) is 5.75 Å². The van der Waals surface area contributed by atoms with Gasteiger partial charge in [0.05, 0.1) is 18.9 Å². The number of aromatic nitrogens is 2. The van der Waals surface area contributed by atoms with Crippen LogP contribution in [0.25, 0.3) is 0 Å². The zero-order valence-electron chi connectivity index (χ0n) is 14.8. The van der Waals surface area contributed by atoms with Gasteiger partial charge in [-0.2, -0.15) is 13.5 Å². The van der Waals surface area contributed by atoms with Crippen LogP contribution in [0.5, 0.6) is 5.75 Å². The summed E-state index contributed by atoms with van der Waals surface area (Å²) in [5.74, 6) is -0.419. The van der Waals surface area contributed by atoms with Crippen molar-refractivity contribution < 1.29 is 22.3 Å². The Labute approximate surface area is 160 Å². The number of ether oxygens (including phenoxy) is 1. The summed E-state index contributed by atoms with van der Waals surface area (Å²) in [6, 6.07) is 11.8. The SMILES string of the molecule is COc1ccc(CNC(=O)c2cn[nH]c2S(=O)(=O)Nc2ccc(F)cc2)cc1. The van der Waals surface area contributed by atoms with E-state index in [1.165, 1.54) is 12.1 Å². The normalized spacial score (nSPS) is 11.1. The van der Waals surface area contributed by atoms with Crippen molar-refractivity contribution in [3.63, 3.8) is 0 Å². The number of nitrogens with zero attached hydrogens (tertiary/aromatic N) is 1. The van der Waals surface area contributed by atoms with Gasteiger partial charge in [0, 0.05) is 12.2 Å². The summed E-state index contributed by atoms with van der Waals surface area (Å²) in [6.45, 7) is 0.193. The molecule has 0 aliphatic heterocycles. The number of carbonyl (C=O) groups is 1. The van der Waals surface area contributed by atoms with E-state index in [-0.39, 0.29) is 22.8 Å². The van der Waals surface area contributed by atoms with E-state index in [2.05, 4.69) is 20.2 Å². The van der Waals surface area contributed by atoms with Crippen molar-refractivity contribution >= 4 is 21.6 Å². The van der Waals surface area contributed by atoms with E-state index in [4.69, 9.17) is 4.74 Å². The molecule has 0 radical (unpaired) electrons. The first-order chi connectivity index (χ1) is 13.4. The number of aromatic amines is 1. The topological polar surface area (TPSA) is 113 Å². The molecule has 146 valence electrons. The number of benzene rings is 2. The molecule has 8 nitrogen and oxygen atoms in total. The summed E-state index contributed by atoms with van der Waals surface area (Å²) in [7, 11) is -2.57. The van der Waals surface area contributed by atoms with Gasteiger partial charge in [0.15, 0.2) is 5.03 Å². The second kappa shape index (κ2) is 8.09. The van der Waals surface area contributed by atoms with E-state index in [0.717, 1.165) is 23.9 Å². The lowest BCUT2D eigenvalue weighted by molar-refractivity contribution is 0.0947. The monoisotopic (exact) mass is 404 g/mol. The molecule has 10 heteroatoms. The lowest BCUT2D eigenvalue weighted by Crippen LogP contribution is -2.25. The molecule has 0 fully saturated rings. The first-order valence-electron chi connectivity index (χ1n) is 8.12. The van der Waals surface area contributed by atoms with Crippen LogP contribution in [0, 0.1) is 5.82 Å². The second-order valence-electron chi connectivity index (χ2n) is 5.76. The smallest absolute Gasteiger partial charge is 0.279 e. The highest BCUT2D eigenvalue weighted by Crippen LogP contribution is 2.18. The van der Waals surface area contributed by atoms with Gasteiger partial charge in [-0.1, -0.05) is 12.1 Å². The maximum Gasteiger partial charge on any atom is 0.279 e. The standard InChI is InChI=1S/C18H17FN4O4S/c1-27-15-8-2-12(3-9-15)10-20-17(24)16-11-21-22-18(16)28(25,26)23-14-6-4-13(19)5-7-14/h2-9,11,23H,10H2,1H3,(H,20,24)(H,21,22). The van der Waals surface area contributed by atoms with Crippen LogP contribution in [-0.4, -0.2) is 31.6 Å². The summed E-state index contributed by atoms with van der Waals surface area (Å²) >= 11 is 0. The molecule has 0 atom stereocenters. The minimum atomic E-state index is -4.12. The second-order valence-corrected chi connectivity index (χ2v) is 7.38. The van der Waals surface area contributed by atoms with Crippen LogP contribution in [0.1, 0.15) is 15.9 Å². The molecule has 28 heavy (non-hydrogen) atoms. The number of amides is 1. The van der Waals surface area contributed by atoms with Crippen molar-refractivity contribution in [1.29, 1.82) is 0 Å². The summed E-state index contributed by atoms with van der Waals surface area (Å²) in [5.41, 5.74) is 0.829. The van der Waals surface area contributed by atoms with E-state index in [9.17, 15) is 17.6 Å². The Bertz CT molecular complexity index is 1060. The number of halogens is 1. The zero-order chi connectivity index (χ0) is 20.1. The van der Waals surface area contributed by atoms with Gasteiger partial charge in [-0.05, 0) is 42.0 Å². The van der Waals surface area contributed by atoms with Crippen molar-refractivity contribution in [3.05, 3.63) is 71.7 Å². The molecule has 0 saturated heterocycles. The molecule has 0 aliphatic rings. The maximum absolute atomic E-state index is 13.0. The van der Waals surface area contributed by atoms with Crippen LogP contribution in [0.4, 0.5) is 10.1 Å². The van der Waals surface area contributed by atoms with Gasteiger partial charge >= 0.3 is 0 Å². The molecule has 3 N–H and O–H groups in total. The molecule has 1 amide bonds. The third-order valence-corrected chi connectivity index (χ3v) is 5.18. The predicted octanol–water partition coefficient (Wildman–Crippen LogP) is 2.29. The predicted molar refractivity (Wildman–Crippen MR) is 100.0 cm³/mol. The largest absolute Gasteiger partial charge is 0.497 e. The highest BCUT2D eigenvalue weighted by molar-refractivity contribution is 7.92. The molecule has 0 bridgehead atoms. The molecule has 1 heterocycles. The summed E-state index contributed by atoms with van der Waals surface area (Å²) < 4.78 is 45.4. The number of sulfonamides is 1. The number of H-pyrrole nitrogens is 1. The number of hydrogen-bond acceptors (Lipinski definition) is 5. The maximum atomic E-state index is 13.0. The van der Waals surface area contributed by atoms with Gasteiger partial charge in [0.2, 0.25) is 0 Å². The fourth-order valence-electron chi connectivity index (χ4n) is 2.39. The Hall–Kier alpha value is -3.40. The molecule has 0 aliphatic carbocycles. The molecule has 3 rings (SSSR count). The van der Waals surface area contributed by atoms with Crippen LogP contribution < -0.4 is 14.8 Å². The van der Waals surface area contributed by atoms with Crippen molar-refractivity contribution in [2.45, 2.75) is 11.6 Å². The van der Waals surface area contributed by atoms with Crippen molar-refractivity contribution in [2.24, 2.45) is 0 Å². The number of nitrogens with one attached hydrogen (secondary N) is 3. The first kappa shape index (κ1) is 19.4. The average molecular weight is 404 g/mol. The van der Waals surface area contributed by atoms with Crippen molar-refractivity contribution in [3.8, 4) is 5.75 Å². The molecule has 0 unspecified atom stereocenters. The zero-order valence-corrected chi connectivity index (χ0v) is 15.6. The minimum absolute atomic E-state index is 0.136. The number of anilines is 1. The lowest BCUT2D eigenvalue weighted by atomic mass is 10.2. The van der Waals surface area contributed by atoms with Crippen molar-refractivity contribution in [1.82, 2.24) is 15.5 Å². The van der Waals surface area contributed by atoms with Crippen LogP contribution in [0.3, 0.4) is 0 Å². The van der Waals surface area contributed by atoms with Gasteiger partial charge in [-0.15, -0.1) is 0 Å². The number of rotatable bonds is 7. The molecular weight excluding hydrogens is 387 g/mol. The Kier molecular flexibility index (Phi) is 5.59. The van der Waals surface area contributed by atoms with Gasteiger partial charge < -0.3 is 10.1 Å². The van der Waals surface area contributed by atoms with Crippen LogP contribution >= 0.6 is 0 Å². The van der Waals surface area contributed by atoms with Gasteiger partial charge in [-0.25, -0.2) is 4.39 Å². The van der Waals surface area contributed by atoms with Crippen molar-refractivity contribution in [2.75, 3.05) is 11.8 Å². The Balaban J connectivity index is 1.72. The van der Waals surface area contributed by atoms with Gasteiger partial charge in [0.25, 0.3) is 15.9 Å². The first-order valence-corrected chi connectivity index (χ1v) is 9.60. The Morgan fingerprint density at radius 1 is 1.14 bits per heavy atom. The fourth-order valence-corrected chi connectivity index (χ4v) is 3.54. The lowest BCUT2D eigenvalue weighted by Gasteiger charge is -2.09. The summed E-state index contributed by atoms with van der Waals surface area (Å²) in [4.78, 5) is 12.4. The van der Waals surface area contributed by atoms with E-state index < -0.39 is 21.7 Å². The molecule has 3 aromatic rings. The molecule has 0 saturated carbocycles.